The second kappa shape index (κ2) is 6.35. The summed E-state index contributed by atoms with van der Waals surface area (Å²) >= 11 is 3.54. The zero-order valence-electron chi connectivity index (χ0n) is 11.0. The Labute approximate surface area is 123 Å². The molecule has 1 aromatic carbocycles. The number of hydrogen-bond donors (Lipinski definition) is 0. The molecule has 1 aliphatic heterocycles. The molecule has 1 aromatic rings. The lowest BCUT2D eigenvalue weighted by Gasteiger charge is -2.33. The van der Waals surface area contributed by atoms with Gasteiger partial charge in [-0.3, -0.25) is 4.90 Å². The van der Waals surface area contributed by atoms with Gasteiger partial charge in [0.2, 0.25) is 10.0 Å². The van der Waals surface area contributed by atoms with Crippen LogP contribution in [0.15, 0.2) is 28.7 Å². The molecule has 0 saturated carbocycles. The van der Waals surface area contributed by atoms with Gasteiger partial charge >= 0.3 is 0 Å². The number of halogens is 1. The van der Waals surface area contributed by atoms with E-state index in [0.717, 1.165) is 24.1 Å². The maximum Gasteiger partial charge on any atom is 0.213 e. The number of benzene rings is 1. The van der Waals surface area contributed by atoms with E-state index in [-0.39, 0.29) is 5.75 Å². The van der Waals surface area contributed by atoms with Gasteiger partial charge in [-0.15, -0.1) is 0 Å². The second-order valence-corrected chi connectivity index (χ2v) is 7.78. The van der Waals surface area contributed by atoms with Gasteiger partial charge in [0.05, 0.1) is 5.75 Å². The summed E-state index contributed by atoms with van der Waals surface area (Å²) in [4.78, 5) is 2.29. The molecule has 1 heterocycles. The molecule has 1 saturated heterocycles. The van der Waals surface area contributed by atoms with E-state index in [0.29, 0.717) is 13.1 Å². The molecule has 0 N–H and O–H groups in total. The van der Waals surface area contributed by atoms with Crippen molar-refractivity contribution in [2.24, 2.45) is 0 Å². The highest BCUT2D eigenvalue weighted by Gasteiger charge is 2.25. The van der Waals surface area contributed by atoms with Crippen LogP contribution in [0.25, 0.3) is 0 Å². The van der Waals surface area contributed by atoms with Gasteiger partial charge in [-0.05, 0) is 18.6 Å². The van der Waals surface area contributed by atoms with Crippen LogP contribution < -0.4 is 0 Å². The van der Waals surface area contributed by atoms with Crippen molar-refractivity contribution < 1.29 is 8.42 Å². The normalized spacial score (nSPS) is 18.6. The Morgan fingerprint density at radius 1 is 1.16 bits per heavy atom. The zero-order chi connectivity index (χ0) is 13.9. The topological polar surface area (TPSA) is 40.6 Å². The van der Waals surface area contributed by atoms with Gasteiger partial charge in [0.25, 0.3) is 0 Å². The summed E-state index contributed by atoms with van der Waals surface area (Å²) in [5.74, 6) is 0.192. The highest BCUT2D eigenvalue weighted by atomic mass is 79.9. The van der Waals surface area contributed by atoms with Crippen molar-refractivity contribution in [3.63, 3.8) is 0 Å². The number of hydrogen-bond acceptors (Lipinski definition) is 3. The molecule has 0 radical (unpaired) electrons. The monoisotopic (exact) mass is 346 g/mol. The molecule has 0 unspecified atom stereocenters. The molecule has 0 amide bonds. The number of rotatable bonds is 4. The van der Waals surface area contributed by atoms with Gasteiger partial charge in [-0.25, -0.2) is 8.42 Å². The quantitative estimate of drug-likeness (QED) is 0.836. The van der Waals surface area contributed by atoms with E-state index in [4.69, 9.17) is 0 Å². The molecule has 0 atom stereocenters. The first kappa shape index (κ1) is 15.0. The van der Waals surface area contributed by atoms with Gasteiger partial charge < -0.3 is 0 Å². The molecule has 2 rings (SSSR count). The molecule has 0 aromatic heterocycles. The Kier molecular flexibility index (Phi) is 5.00. The molecule has 0 spiro atoms. The van der Waals surface area contributed by atoms with E-state index in [1.165, 1.54) is 5.56 Å². The Morgan fingerprint density at radius 2 is 1.79 bits per heavy atom. The number of nitrogens with zero attached hydrogens (tertiary/aromatic N) is 2. The minimum absolute atomic E-state index is 0.192. The Morgan fingerprint density at radius 3 is 2.37 bits per heavy atom. The zero-order valence-corrected chi connectivity index (χ0v) is 13.5. The lowest BCUT2D eigenvalue weighted by atomic mass is 10.2. The fourth-order valence-corrected chi connectivity index (χ4v) is 3.71. The third-order valence-corrected chi connectivity index (χ3v) is 6.10. The molecule has 1 aliphatic rings. The Bertz CT molecular complexity index is 525. The molecular formula is C13H19BrN2O2S. The minimum atomic E-state index is -3.03. The summed E-state index contributed by atoms with van der Waals surface area (Å²) < 4.78 is 26.3. The SMILES string of the molecule is CCS(=O)(=O)N1CCN(Cc2ccccc2Br)CC1. The van der Waals surface area contributed by atoms with Crippen LogP contribution in [0.2, 0.25) is 0 Å². The number of piperazine rings is 1. The predicted octanol–water partition coefficient (Wildman–Crippen LogP) is 1.92. The molecule has 0 bridgehead atoms. The van der Waals surface area contributed by atoms with Gasteiger partial charge in [0, 0.05) is 37.2 Å². The third-order valence-electron chi connectivity index (χ3n) is 3.44. The molecule has 19 heavy (non-hydrogen) atoms. The summed E-state index contributed by atoms with van der Waals surface area (Å²) in [5, 5.41) is 0. The summed E-state index contributed by atoms with van der Waals surface area (Å²) in [6, 6.07) is 8.16. The predicted molar refractivity (Wildman–Crippen MR) is 80.5 cm³/mol. The lowest BCUT2D eigenvalue weighted by Crippen LogP contribution is -2.48. The first-order valence-electron chi connectivity index (χ1n) is 6.46. The van der Waals surface area contributed by atoms with Crippen molar-refractivity contribution in [3.8, 4) is 0 Å². The first-order chi connectivity index (χ1) is 9.03. The average Bonchev–Trinajstić information content (AvgIpc) is 2.42. The van der Waals surface area contributed by atoms with Crippen LogP contribution in [0.5, 0.6) is 0 Å². The standard InChI is InChI=1S/C13H19BrN2O2S/c1-2-19(17,18)16-9-7-15(8-10-16)11-12-5-3-4-6-13(12)14/h3-6H,2,7-11H2,1H3. The number of sulfonamides is 1. The molecule has 1 fully saturated rings. The van der Waals surface area contributed by atoms with Crippen LogP contribution in [-0.4, -0.2) is 49.6 Å². The fourth-order valence-electron chi connectivity index (χ4n) is 2.22. The van der Waals surface area contributed by atoms with Gasteiger partial charge in [0.15, 0.2) is 0 Å². The molecule has 4 nitrogen and oxygen atoms in total. The summed E-state index contributed by atoms with van der Waals surface area (Å²) in [7, 11) is -3.03. The van der Waals surface area contributed by atoms with E-state index < -0.39 is 10.0 Å². The summed E-state index contributed by atoms with van der Waals surface area (Å²) in [5.41, 5.74) is 1.24. The van der Waals surface area contributed by atoms with Crippen molar-refractivity contribution in [2.75, 3.05) is 31.9 Å². The highest BCUT2D eigenvalue weighted by Crippen LogP contribution is 2.19. The van der Waals surface area contributed by atoms with Crippen LogP contribution in [0.4, 0.5) is 0 Å². The summed E-state index contributed by atoms with van der Waals surface area (Å²) in [6.07, 6.45) is 0. The lowest BCUT2D eigenvalue weighted by molar-refractivity contribution is 0.181. The van der Waals surface area contributed by atoms with E-state index >= 15 is 0 Å². The largest absolute Gasteiger partial charge is 0.296 e. The van der Waals surface area contributed by atoms with E-state index in [1.807, 2.05) is 18.2 Å². The van der Waals surface area contributed by atoms with Crippen molar-refractivity contribution in [2.45, 2.75) is 13.5 Å². The fraction of sp³-hybridized carbons (Fsp3) is 0.538. The van der Waals surface area contributed by atoms with Crippen molar-refractivity contribution in [1.29, 1.82) is 0 Å². The third kappa shape index (κ3) is 3.78. The summed E-state index contributed by atoms with van der Waals surface area (Å²) in [6.45, 7) is 5.34. The minimum Gasteiger partial charge on any atom is -0.296 e. The molecular weight excluding hydrogens is 328 g/mol. The first-order valence-corrected chi connectivity index (χ1v) is 8.86. The van der Waals surface area contributed by atoms with E-state index in [1.54, 1.807) is 11.2 Å². The smallest absolute Gasteiger partial charge is 0.213 e. The molecule has 106 valence electrons. The average molecular weight is 347 g/mol. The maximum atomic E-state index is 11.8. The van der Waals surface area contributed by atoms with Crippen molar-refractivity contribution in [3.05, 3.63) is 34.3 Å². The molecule has 0 aliphatic carbocycles. The van der Waals surface area contributed by atoms with Crippen LogP contribution in [0.1, 0.15) is 12.5 Å². The van der Waals surface area contributed by atoms with Gasteiger partial charge in [0.1, 0.15) is 0 Å². The van der Waals surface area contributed by atoms with Crippen LogP contribution in [0, 0.1) is 0 Å². The van der Waals surface area contributed by atoms with E-state index in [2.05, 4.69) is 26.9 Å². The Balaban J connectivity index is 1.93. The molecule has 6 heteroatoms. The van der Waals surface area contributed by atoms with Gasteiger partial charge in [-0.1, -0.05) is 34.1 Å². The van der Waals surface area contributed by atoms with Crippen molar-refractivity contribution >= 4 is 26.0 Å². The highest BCUT2D eigenvalue weighted by molar-refractivity contribution is 9.10. The van der Waals surface area contributed by atoms with Crippen LogP contribution in [-0.2, 0) is 16.6 Å². The van der Waals surface area contributed by atoms with Crippen LogP contribution in [0.3, 0.4) is 0 Å². The maximum absolute atomic E-state index is 11.8. The van der Waals surface area contributed by atoms with Crippen LogP contribution >= 0.6 is 15.9 Å². The van der Waals surface area contributed by atoms with E-state index in [9.17, 15) is 8.42 Å². The van der Waals surface area contributed by atoms with Gasteiger partial charge in [-0.2, -0.15) is 4.31 Å². The Hall–Kier alpha value is -0.430. The second-order valence-electron chi connectivity index (χ2n) is 4.67. The van der Waals surface area contributed by atoms with Crippen molar-refractivity contribution in [1.82, 2.24) is 9.21 Å².